The van der Waals surface area contributed by atoms with Gasteiger partial charge >= 0.3 is 5.97 Å². The summed E-state index contributed by atoms with van der Waals surface area (Å²) in [5, 5.41) is 30.0. The van der Waals surface area contributed by atoms with Crippen LogP contribution in [0.5, 0.6) is 5.75 Å². The second-order valence-corrected chi connectivity index (χ2v) is 7.93. The summed E-state index contributed by atoms with van der Waals surface area (Å²) in [6.45, 7) is 4.78. The molecule has 13 heteroatoms. The molecule has 0 unspecified atom stereocenters. The molecule has 35 heavy (non-hydrogen) atoms. The number of nitrogens with one attached hydrogen (secondary N) is 5. The van der Waals surface area contributed by atoms with Gasteiger partial charge in [0.05, 0.1) is 6.54 Å². The number of amides is 5. The second-order valence-electron chi connectivity index (χ2n) is 7.93. The van der Waals surface area contributed by atoms with E-state index >= 15 is 0 Å². The summed E-state index contributed by atoms with van der Waals surface area (Å²) in [5.41, 5.74) is 0.667. The molecule has 0 heterocycles. The van der Waals surface area contributed by atoms with Crippen LogP contribution in [0.25, 0.3) is 0 Å². The standard InChI is InChI=1S/C22H31N5O8/c1-11(19(31)23-10-18(30)24-13(3)22(34)35)25-20(32)12(2)26-21(33)17(27-14(4)28)9-15-5-7-16(29)8-6-15/h5-8,11-13,17,29H,9-10H2,1-4H3,(H,23,31)(H,24,30)(H,25,32)(H,26,33)(H,27,28)(H,34,35)/t11-,12-,13-,17-/m0/s1. The summed E-state index contributed by atoms with van der Waals surface area (Å²) in [7, 11) is 0. The first kappa shape index (κ1) is 28.9. The van der Waals surface area contributed by atoms with Crippen LogP contribution in [0.2, 0.25) is 0 Å². The molecule has 192 valence electrons. The van der Waals surface area contributed by atoms with E-state index in [0.29, 0.717) is 5.56 Å². The van der Waals surface area contributed by atoms with E-state index in [2.05, 4.69) is 26.6 Å². The number of carbonyl (C=O) groups excluding carboxylic acids is 5. The van der Waals surface area contributed by atoms with Crippen LogP contribution < -0.4 is 26.6 Å². The van der Waals surface area contributed by atoms with E-state index in [-0.39, 0.29) is 12.2 Å². The van der Waals surface area contributed by atoms with Gasteiger partial charge in [0.25, 0.3) is 0 Å². The molecule has 1 aromatic rings. The van der Waals surface area contributed by atoms with Gasteiger partial charge in [-0.3, -0.25) is 28.8 Å². The largest absolute Gasteiger partial charge is 0.508 e. The minimum absolute atomic E-state index is 0.0492. The highest BCUT2D eigenvalue weighted by Gasteiger charge is 2.26. The maximum absolute atomic E-state index is 12.7. The van der Waals surface area contributed by atoms with E-state index in [0.717, 1.165) is 0 Å². The molecular formula is C22H31N5O8. The van der Waals surface area contributed by atoms with Gasteiger partial charge in [-0.15, -0.1) is 0 Å². The molecule has 0 aliphatic carbocycles. The van der Waals surface area contributed by atoms with Crippen LogP contribution in [0, 0.1) is 0 Å². The van der Waals surface area contributed by atoms with E-state index in [1.165, 1.54) is 39.8 Å². The smallest absolute Gasteiger partial charge is 0.325 e. The third-order valence-electron chi connectivity index (χ3n) is 4.75. The normalized spacial score (nSPS) is 13.8. The zero-order chi connectivity index (χ0) is 26.7. The van der Waals surface area contributed by atoms with Gasteiger partial charge in [0.2, 0.25) is 29.5 Å². The predicted molar refractivity (Wildman–Crippen MR) is 123 cm³/mol. The van der Waals surface area contributed by atoms with Crippen LogP contribution in [0.3, 0.4) is 0 Å². The van der Waals surface area contributed by atoms with Crippen molar-refractivity contribution >= 4 is 35.5 Å². The molecule has 0 saturated carbocycles. The topological polar surface area (TPSA) is 203 Å². The highest BCUT2D eigenvalue weighted by Crippen LogP contribution is 2.11. The molecule has 13 nitrogen and oxygen atoms in total. The van der Waals surface area contributed by atoms with Gasteiger partial charge in [0.1, 0.15) is 29.9 Å². The van der Waals surface area contributed by atoms with Crippen molar-refractivity contribution in [3.63, 3.8) is 0 Å². The van der Waals surface area contributed by atoms with E-state index in [9.17, 15) is 33.9 Å². The quantitative estimate of drug-likeness (QED) is 0.176. The number of phenolic OH excluding ortho intramolecular Hbond substituents is 1. The lowest BCUT2D eigenvalue weighted by Crippen LogP contribution is -2.56. The molecule has 1 rings (SSSR count). The molecule has 0 saturated heterocycles. The van der Waals surface area contributed by atoms with Crippen LogP contribution in [-0.4, -0.2) is 76.4 Å². The molecule has 0 aromatic heterocycles. The Morgan fingerprint density at radius 3 is 1.86 bits per heavy atom. The van der Waals surface area contributed by atoms with Crippen molar-refractivity contribution in [3.8, 4) is 5.75 Å². The van der Waals surface area contributed by atoms with Crippen molar-refractivity contribution in [1.82, 2.24) is 26.6 Å². The predicted octanol–water partition coefficient (Wildman–Crippen LogP) is -1.85. The molecule has 4 atom stereocenters. The molecule has 1 aromatic carbocycles. The number of carbonyl (C=O) groups is 6. The third kappa shape index (κ3) is 10.5. The van der Waals surface area contributed by atoms with Gasteiger partial charge in [0, 0.05) is 13.3 Å². The minimum atomic E-state index is -1.23. The van der Waals surface area contributed by atoms with E-state index in [1.807, 2.05) is 0 Å². The summed E-state index contributed by atoms with van der Waals surface area (Å²) in [6.07, 6.45) is 0.113. The van der Waals surface area contributed by atoms with Crippen LogP contribution in [0.15, 0.2) is 24.3 Å². The first-order chi connectivity index (χ1) is 16.3. The zero-order valence-corrected chi connectivity index (χ0v) is 19.9. The lowest BCUT2D eigenvalue weighted by Gasteiger charge is -2.22. The number of aromatic hydroxyl groups is 1. The molecule has 0 bridgehead atoms. The lowest BCUT2D eigenvalue weighted by molar-refractivity contribution is -0.141. The Labute approximate surface area is 202 Å². The molecule has 5 amide bonds. The monoisotopic (exact) mass is 493 g/mol. The van der Waals surface area contributed by atoms with Crippen molar-refractivity contribution in [2.24, 2.45) is 0 Å². The summed E-state index contributed by atoms with van der Waals surface area (Å²) < 4.78 is 0. The fourth-order valence-electron chi connectivity index (χ4n) is 2.78. The van der Waals surface area contributed by atoms with Gasteiger partial charge in [0.15, 0.2) is 0 Å². The summed E-state index contributed by atoms with van der Waals surface area (Å²) in [6, 6.07) is 1.83. The fraction of sp³-hybridized carbons (Fsp3) is 0.455. The van der Waals surface area contributed by atoms with Gasteiger partial charge in [-0.2, -0.15) is 0 Å². The number of carboxylic acids is 1. The molecule has 0 aliphatic heterocycles. The number of benzene rings is 1. The first-order valence-corrected chi connectivity index (χ1v) is 10.8. The minimum Gasteiger partial charge on any atom is -0.508 e. The van der Waals surface area contributed by atoms with Gasteiger partial charge in [-0.1, -0.05) is 12.1 Å². The maximum Gasteiger partial charge on any atom is 0.325 e. The van der Waals surface area contributed by atoms with Crippen LogP contribution in [0.1, 0.15) is 33.3 Å². The van der Waals surface area contributed by atoms with Crippen molar-refractivity contribution < 1.29 is 39.0 Å². The van der Waals surface area contributed by atoms with Crippen molar-refractivity contribution in [2.75, 3.05) is 6.54 Å². The van der Waals surface area contributed by atoms with E-state index in [4.69, 9.17) is 5.11 Å². The number of hydrogen-bond acceptors (Lipinski definition) is 7. The number of carboxylic acid groups (broad SMARTS) is 1. The zero-order valence-electron chi connectivity index (χ0n) is 19.9. The number of aliphatic carboxylic acids is 1. The highest BCUT2D eigenvalue weighted by molar-refractivity contribution is 5.94. The van der Waals surface area contributed by atoms with Gasteiger partial charge in [-0.05, 0) is 38.5 Å². The lowest BCUT2D eigenvalue weighted by atomic mass is 10.0. The highest BCUT2D eigenvalue weighted by atomic mass is 16.4. The first-order valence-electron chi connectivity index (χ1n) is 10.8. The molecule has 7 N–H and O–H groups in total. The fourth-order valence-corrected chi connectivity index (χ4v) is 2.78. The van der Waals surface area contributed by atoms with E-state index in [1.54, 1.807) is 12.1 Å². The summed E-state index contributed by atoms with van der Waals surface area (Å²) in [4.78, 5) is 71.2. The Morgan fingerprint density at radius 2 is 1.31 bits per heavy atom. The van der Waals surface area contributed by atoms with Gasteiger partial charge < -0.3 is 36.8 Å². The Hall–Kier alpha value is -4.16. The summed E-state index contributed by atoms with van der Waals surface area (Å²) >= 11 is 0. The van der Waals surface area contributed by atoms with Gasteiger partial charge in [-0.25, -0.2) is 0 Å². The van der Waals surface area contributed by atoms with Crippen molar-refractivity contribution in [1.29, 1.82) is 0 Å². The van der Waals surface area contributed by atoms with Crippen LogP contribution in [0.4, 0.5) is 0 Å². The Balaban J connectivity index is 2.61. The molecule has 0 radical (unpaired) electrons. The molecule has 0 spiro atoms. The average Bonchev–Trinajstić information content (AvgIpc) is 2.77. The molecule has 0 fully saturated rings. The molecular weight excluding hydrogens is 462 g/mol. The average molecular weight is 494 g/mol. The third-order valence-corrected chi connectivity index (χ3v) is 4.75. The Bertz CT molecular complexity index is 950. The Morgan fingerprint density at radius 1 is 0.771 bits per heavy atom. The van der Waals surface area contributed by atoms with Crippen LogP contribution in [-0.2, 0) is 35.2 Å². The maximum atomic E-state index is 12.7. The number of rotatable bonds is 12. The second kappa shape index (κ2) is 13.5. The number of phenols is 1. The number of hydrogen-bond donors (Lipinski definition) is 7. The van der Waals surface area contributed by atoms with Crippen molar-refractivity contribution in [3.05, 3.63) is 29.8 Å². The van der Waals surface area contributed by atoms with E-state index < -0.39 is 66.2 Å². The summed E-state index contributed by atoms with van der Waals surface area (Å²) in [5.74, 6) is -4.36. The Kier molecular flexibility index (Phi) is 11.2. The van der Waals surface area contributed by atoms with Crippen LogP contribution >= 0.6 is 0 Å². The molecule has 0 aliphatic rings. The SMILES string of the molecule is CC(=O)N[C@@H](Cc1ccc(O)cc1)C(=O)N[C@@H](C)C(=O)N[C@@H](C)C(=O)NCC(=O)N[C@@H](C)C(=O)O. The van der Waals surface area contributed by atoms with Crippen molar-refractivity contribution in [2.45, 2.75) is 58.3 Å².